The number of nitrogens with zero attached hydrogens (tertiary/aromatic N) is 8. The molecule has 3 heterocycles. The van der Waals surface area contributed by atoms with Gasteiger partial charge in [0.1, 0.15) is 18.5 Å². The third kappa shape index (κ3) is 2.72. The highest BCUT2D eigenvalue weighted by Gasteiger charge is 2.11. The van der Waals surface area contributed by atoms with Crippen LogP contribution in [-0.4, -0.2) is 46.1 Å². The van der Waals surface area contributed by atoms with Crippen LogP contribution in [0.15, 0.2) is 22.2 Å². The molecule has 3 aromatic heterocycles. The molecule has 0 aliphatic rings. The highest BCUT2D eigenvalue weighted by Crippen LogP contribution is 2.26. The third-order valence-electron chi connectivity index (χ3n) is 2.14. The summed E-state index contributed by atoms with van der Waals surface area (Å²) in [5.74, 6) is 1.58. The lowest BCUT2D eigenvalue weighted by Gasteiger charge is -2.04. The molecule has 0 aliphatic carbocycles. The Balaban J connectivity index is 1.96. The summed E-state index contributed by atoms with van der Waals surface area (Å²) in [6.07, 6.45) is 2.95. The van der Waals surface area contributed by atoms with Gasteiger partial charge in [0, 0.05) is 7.05 Å². The lowest BCUT2D eigenvalue weighted by Crippen LogP contribution is -2.07. The normalized spacial score (nSPS) is 10.7. The molecule has 0 unspecified atom stereocenters. The molecule has 0 spiro atoms. The van der Waals surface area contributed by atoms with Crippen molar-refractivity contribution in [3.63, 3.8) is 0 Å². The standard InChI is InChI=1S/C9H9N9S2/c1-5-13-9(20-17-5)19-8-15-6(10-2)14-7(16-8)18-4-11-3-12-18/h3-4H,1-2H3,(H,10,14,15,16). The van der Waals surface area contributed by atoms with Crippen molar-refractivity contribution >= 4 is 29.2 Å². The fraction of sp³-hybridized carbons (Fsp3) is 0.222. The lowest BCUT2D eigenvalue weighted by molar-refractivity contribution is 0.761. The summed E-state index contributed by atoms with van der Waals surface area (Å²) in [7, 11) is 1.74. The topological polar surface area (TPSA) is 107 Å². The summed E-state index contributed by atoms with van der Waals surface area (Å²) in [6.45, 7) is 1.84. The Kier molecular flexibility index (Phi) is 3.52. The molecule has 0 saturated carbocycles. The van der Waals surface area contributed by atoms with E-state index in [1.165, 1.54) is 40.6 Å². The summed E-state index contributed by atoms with van der Waals surface area (Å²) in [6, 6.07) is 0. The number of rotatable bonds is 4. The Labute approximate surface area is 122 Å². The van der Waals surface area contributed by atoms with Gasteiger partial charge >= 0.3 is 0 Å². The molecule has 102 valence electrons. The van der Waals surface area contributed by atoms with Crippen LogP contribution in [0.4, 0.5) is 5.95 Å². The van der Waals surface area contributed by atoms with E-state index < -0.39 is 0 Å². The highest BCUT2D eigenvalue weighted by atomic mass is 32.2. The van der Waals surface area contributed by atoms with Gasteiger partial charge in [0.25, 0.3) is 5.95 Å². The quantitative estimate of drug-likeness (QED) is 0.748. The van der Waals surface area contributed by atoms with Crippen molar-refractivity contribution in [3.05, 3.63) is 18.5 Å². The predicted octanol–water partition coefficient (Wildman–Crippen LogP) is 0.805. The van der Waals surface area contributed by atoms with Gasteiger partial charge in [-0.1, -0.05) is 0 Å². The SMILES string of the molecule is CNc1nc(Sc2nc(C)ns2)nc(-n2cncn2)n1. The molecule has 0 atom stereocenters. The summed E-state index contributed by atoms with van der Waals surface area (Å²) in [5, 5.41) is 7.41. The van der Waals surface area contributed by atoms with Crippen molar-refractivity contribution in [1.82, 2.24) is 39.1 Å². The Morgan fingerprint density at radius 3 is 2.80 bits per heavy atom. The number of nitrogens with one attached hydrogen (secondary N) is 1. The summed E-state index contributed by atoms with van der Waals surface area (Å²) in [4.78, 5) is 21.0. The van der Waals surface area contributed by atoms with Gasteiger partial charge in [-0.15, -0.1) is 0 Å². The second kappa shape index (κ2) is 5.46. The van der Waals surface area contributed by atoms with Crippen molar-refractivity contribution in [3.8, 4) is 5.95 Å². The first kappa shape index (κ1) is 12.9. The van der Waals surface area contributed by atoms with Crippen LogP contribution in [0.25, 0.3) is 5.95 Å². The van der Waals surface area contributed by atoms with Crippen LogP contribution < -0.4 is 5.32 Å². The zero-order chi connectivity index (χ0) is 13.9. The number of hydrogen-bond donors (Lipinski definition) is 1. The average molecular weight is 307 g/mol. The Morgan fingerprint density at radius 1 is 1.25 bits per heavy atom. The van der Waals surface area contributed by atoms with E-state index in [9.17, 15) is 0 Å². The maximum absolute atomic E-state index is 4.33. The summed E-state index contributed by atoms with van der Waals surface area (Å²) >= 11 is 2.64. The van der Waals surface area contributed by atoms with Crippen LogP contribution in [-0.2, 0) is 0 Å². The van der Waals surface area contributed by atoms with Gasteiger partial charge in [-0.2, -0.15) is 29.1 Å². The lowest BCUT2D eigenvalue weighted by atomic mass is 10.8. The largest absolute Gasteiger partial charge is 0.357 e. The van der Waals surface area contributed by atoms with Crippen LogP contribution in [0.3, 0.4) is 0 Å². The Morgan fingerprint density at radius 2 is 2.15 bits per heavy atom. The molecule has 9 nitrogen and oxygen atoms in total. The van der Waals surface area contributed by atoms with E-state index in [1.807, 2.05) is 6.92 Å². The van der Waals surface area contributed by atoms with Gasteiger partial charge < -0.3 is 5.32 Å². The zero-order valence-electron chi connectivity index (χ0n) is 10.5. The van der Waals surface area contributed by atoms with E-state index in [4.69, 9.17) is 0 Å². The minimum absolute atomic E-state index is 0.394. The molecular weight excluding hydrogens is 298 g/mol. The van der Waals surface area contributed by atoms with Crippen molar-refractivity contribution < 1.29 is 0 Å². The number of aromatic nitrogens is 8. The van der Waals surface area contributed by atoms with Gasteiger partial charge in [-0.05, 0) is 30.2 Å². The first-order chi connectivity index (χ1) is 9.74. The van der Waals surface area contributed by atoms with E-state index in [2.05, 4.69) is 39.7 Å². The van der Waals surface area contributed by atoms with E-state index in [0.717, 1.165) is 10.2 Å². The maximum atomic E-state index is 4.33. The molecule has 20 heavy (non-hydrogen) atoms. The molecule has 0 bridgehead atoms. The van der Waals surface area contributed by atoms with Crippen LogP contribution in [0.5, 0.6) is 0 Å². The Bertz CT molecular complexity index is 708. The van der Waals surface area contributed by atoms with Crippen LogP contribution in [0.1, 0.15) is 5.82 Å². The molecule has 1 N–H and O–H groups in total. The van der Waals surface area contributed by atoms with Crippen molar-refractivity contribution in [1.29, 1.82) is 0 Å². The highest BCUT2D eigenvalue weighted by molar-refractivity contribution is 8.00. The van der Waals surface area contributed by atoms with Crippen LogP contribution >= 0.6 is 23.3 Å². The number of aryl methyl sites for hydroxylation is 1. The summed E-state index contributed by atoms with van der Waals surface area (Å²) in [5.41, 5.74) is 0. The van der Waals surface area contributed by atoms with E-state index in [1.54, 1.807) is 7.05 Å². The second-order valence-electron chi connectivity index (χ2n) is 3.54. The van der Waals surface area contributed by atoms with E-state index in [-0.39, 0.29) is 0 Å². The van der Waals surface area contributed by atoms with Gasteiger partial charge in [0.2, 0.25) is 11.1 Å². The van der Waals surface area contributed by atoms with Crippen molar-refractivity contribution in [2.24, 2.45) is 0 Å². The molecule has 0 aromatic carbocycles. The van der Waals surface area contributed by atoms with Gasteiger partial charge in [0.15, 0.2) is 4.34 Å². The molecule has 11 heteroatoms. The molecule has 0 radical (unpaired) electrons. The zero-order valence-corrected chi connectivity index (χ0v) is 12.2. The van der Waals surface area contributed by atoms with Crippen molar-refractivity contribution in [2.75, 3.05) is 12.4 Å². The molecule has 0 aliphatic heterocycles. The first-order valence-corrected chi connectivity index (χ1v) is 7.10. The molecule has 0 saturated heterocycles. The van der Waals surface area contributed by atoms with Crippen molar-refractivity contribution in [2.45, 2.75) is 16.4 Å². The molecule has 0 amide bonds. The second-order valence-corrected chi connectivity index (χ2v) is 5.51. The van der Waals surface area contributed by atoms with Gasteiger partial charge in [0.05, 0.1) is 0 Å². The fourth-order valence-electron chi connectivity index (χ4n) is 1.31. The number of anilines is 1. The summed E-state index contributed by atoms with van der Waals surface area (Å²) < 4.78 is 6.37. The molecule has 0 fully saturated rings. The smallest absolute Gasteiger partial charge is 0.257 e. The Hall–Kier alpha value is -2.14. The maximum Gasteiger partial charge on any atom is 0.257 e. The minimum atomic E-state index is 0.394. The number of hydrogen-bond acceptors (Lipinski definition) is 10. The van der Waals surface area contributed by atoms with E-state index in [0.29, 0.717) is 17.1 Å². The monoisotopic (exact) mass is 307 g/mol. The third-order valence-corrected chi connectivity index (χ3v) is 3.85. The minimum Gasteiger partial charge on any atom is -0.357 e. The van der Waals surface area contributed by atoms with E-state index >= 15 is 0 Å². The predicted molar refractivity (Wildman–Crippen MR) is 73.1 cm³/mol. The fourth-order valence-corrected chi connectivity index (χ4v) is 2.82. The molecule has 3 rings (SSSR count). The first-order valence-electron chi connectivity index (χ1n) is 5.51. The molecule has 3 aromatic rings. The van der Waals surface area contributed by atoms with Gasteiger partial charge in [-0.25, -0.2) is 9.97 Å². The molecular formula is C9H9N9S2. The van der Waals surface area contributed by atoms with Crippen LogP contribution in [0, 0.1) is 6.92 Å². The average Bonchev–Trinajstić information content (AvgIpc) is 3.10. The van der Waals surface area contributed by atoms with Gasteiger partial charge in [-0.3, -0.25) is 0 Å². The van der Waals surface area contributed by atoms with Crippen LogP contribution in [0.2, 0.25) is 0 Å².